The first kappa shape index (κ1) is 21.7. The second kappa shape index (κ2) is 10.2. The van der Waals surface area contributed by atoms with E-state index >= 15 is 0 Å². The average molecular weight is 430 g/mol. The molecule has 0 aromatic heterocycles. The minimum absolute atomic E-state index is 0.0160. The third kappa shape index (κ3) is 5.38. The van der Waals surface area contributed by atoms with E-state index in [2.05, 4.69) is 41.4 Å². The van der Waals surface area contributed by atoms with Gasteiger partial charge in [-0.2, -0.15) is 0 Å². The summed E-state index contributed by atoms with van der Waals surface area (Å²) in [5, 5.41) is 3.07. The minimum Gasteiger partial charge on any atom is -0.350 e. The number of nitrogens with zero attached hydrogens (tertiary/aromatic N) is 2. The first-order valence-electron chi connectivity index (χ1n) is 11.6. The third-order valence-corrected chi connectivity index (χ3v) is 7.82. The van der Waals surface area contributed by atoms with E-state index in [9.17, 15) is 9.59 Å². The zero-order valence-corrected chi connectivity index (χ0v) is 19.0. The molecule has 1 aromatic carbocycles. The zero-order chi connectivity index (χ0) is 20.9. The fourth-order valence-electron chi connectivity index (χ4n) is 5.04. The number of hydrogen-bond acceptors (Lipinski definition) is 4. The summed E-state index contributed by atoms with van der Waals surface area (Å²) in [6, 6.07) is 8.29. The fourth-order valence-corrected chi connectivity index (χ4v) is 6.21. The number of carbonyl (C=O) groups is 2. The summed E-state index contributed by atoms with van der Waals surface area (Å²) in [6.07, 6.45) is 6.89. The zero-order valence-electron chi connectivity index (χ0n) is 18.1. The number of likely N-dealkylation sites (tertiary alicyclic amines) is 1. The number of amides is 2. The van der Waals surface area contributed by atoms with Crippen LogP contribution in [0, 0.1) is 11.8 Å². The van der Waals surface area contributed by atoms with Gasteiger partial charge in [0.15, 0.2) is 0 Å². The van der Waals surface area contributed by atoms with Crippen molar-refractivity contribution in [3.8, 4) is 0 Å². The van der Waals surface area contributed by atoms with Crippen LogP contribution < -0.4 is 5.32 Å². The highest BCUT2D eigenvalue weighted by Gasteiger charge is 2.38. The van der Waals surface area contributed by atoms with Crippen LogP contribution >= 0.6 is 11.8 Å². The Morgan fingerprint density at radius 3 is 2.53 bits per heavy atom. The number of carbonyl (C=O) groups excluding carboxylic acids is 2. The lowest BCUT2D eigenvalue weighted by molar-refractivity contribution is -0.141. The van der Waals surface area contributed by atoms with Gasteiger partial charge in [-0.1, -0.05) is 44.0 Å². The number of benzene rings is 1. The summed E-state index contributed by atoms with van der Waals surface area (Å²) >= 11 is 1.69. The number of hydrogen-bond donors (Lipinski definition) is 1. The number of thioether (sulfide) groups is 1. The third-order valence-electron chi connectivity index (χ3n) is 6.81. The lowest BCUT2D eigenvalue weighted by atomic mass is 9.99. The molecule has 30 heavy (non-hydrogen) atoms. The maximum atomic E-state index is 12.8. The first-order valence-corrected chi connectivity index (χ1v) is 12.7. The SMILES string of the molecule is CC1CCCN(Cc2ccc(CNC(=O)C3CSCN3C(=O)C3CCCC3)cc2)C1. The Hall–Kier alpha value is -1.53. The minimum atomic E-state index is -0.316. The summed E-state index contributed by atoms with van der Waals surface area (Å²) in [6.45, 7) is 6.25. The van der Waals surface area contributed by atoms with E-state index in [1.165, 1.54) is 31.5 Å². The lowest BCUT2D eigenvalue weighted by Gasteiger charge is -2.30. The van der Waals surface area contributed by atoms with E-state index in [1.807, 2.05) is 4.90 Å². The molecule has 5 nitrogen and oxygen atoms in total. The van der Waals surface area contributed by atoms with E-state index in [0.29, 0.717) is 18.2 Å². The molecule has 0 bridgehead atoms. The highest BCUT2D eigenvalue weighted by Crippen LogP contribution is 2.30. The van der Waals surface area contributed by atoms with Gasteiger partial charge in [0.1, 0.15) is 6.04 Å². The standard InChI is InChI=1S/C24H35N3O2S/c1-18-5-4-12-26(14-18)15-20-10-8-19(9-11-20)13-25-23(28)22-16-30-17-27(22)24(29)21-6-2-3-7-21/h8-11,18,21-22H,2-7,12-17H2,1H3,(H,25,28). The summed E-state index contributed by atoms with van der Waals surface area (Å²) in [5.41, 5.74) is 2.44. The summed E-state index contributed by atoms with van der Waals surface area (Å²) < 4.78 is 0. The van der Waals surface area contributed by atoms with Crippen LogP contribution in [0.15, 0.2) is 24.3 Å². The van der Waals surface area contributed by atoms with Crippen molar-refractivity contribution in [1.29, 1.82) is 0 Å². The van der Waals surface area contributed by atoms with Crippen LogP contribution in [0.25, 0.3) is 0 Å². The topological polar surface area (TPSA) is 52.7 Å². The van der Waals surface area contributed by atoms with Crippen molar-refractivity contribution in [3.05, 3.63) is 35.4 Å². The van der Waals surface area contributed by atoms with Crippen molar-refractivity contribution in [3.63, 3.8) is 0 Å². The molecule has 0 spiro atoms. The van der Waals surface area contributed by atoms with Crippen molar-refractivity contribution < 1.29 is 9.59 Å². The van der Waals surface area contributed by atoms with Gasteiger partial charge in [0.25, 0.3) is 0 Å². The van der Waals surface area contributed by atoms with Crippen LogP contribution in [0.4, 0.5) is 0 Å². The molecular weight excluding hydrogens is 394 g/mol. The molecule has 1 aromatic rings. The molecule has 0 radical (unpaired) electrons. The van der Waals surface area contributed by atoms with Crippen molar-refractivity contribution in [2.45, 2.75) is 64.6 Å². The second-order valence-corrected chi connectivity index (χ2v) is 10.3. The van der Waals surface area contributed by atoms with Gasteiger partial charge >= 0.3 is 0 Å². The molecule has 2 saturated heterocycles. The smallest absolute Gasteiger partial charge is 0.243 e. The van der Waals surface area contributed by atoms with Gasteiger partial charge < -0.3 is 10.2 Å². The Kier molecular flexibility index (Phi) is 7.37. The molecule has 2 heterocycles. The molecule has 3 aliphatic rings. The second-order valence-electron chi connectivity index (χ2n) is 9.32. The van der Waals surface area contributed by atoms with Gasteiger partial charge in [-0.15, -0.1) is 11.8 Å². The Balaban J connectivity index is 1.26. The molecule has 164 valence electrons. The van der Waals surface area contributed by atoms with E-state index in [0.717, 1.165) is 43.7 Å². The Morgan fingerprint density at radius 2 is 1.80 bits per heavy atom. The van der Waals surface area contributed by atoms with Gasteiger partial charge in [0, 0.05) is 31.3 Å². The van der Waals surface area contributed by atoms with Gasteiger partial charge in [0.05, 0.1) is 5.88 Å². The highest BCUT2D eigenvalue weighted by molar-refractivity contribution is 7.99. The molecule has 3 fully saturated rings. The summed E-state index contributed by atoms with van der Waals surface area (Å²) in [7, 11) is 0. The maximum Gasteiger partial charge on any atom is 0.243 e. The molecule has 2 atom stereocenters. The lowest BCUT2D eigenvalue weighted by Crippen LogP contribution is -2.48. The molecule has 6 heteroatoms. The average Bonchev–Trinajstić information content (AvgIpc) is 3.45. The van der Waals surface area contributed by atoms with Crippen LogP contribution in [0.5, 0.6) is 0 Å². The summed E-state index contributed by atoms with van der Waals surface area (Å²) in [4.78, 5) is 29.9. The van der Waals surface area contributed by atoms with Crippen LogP contribution in [0.3, 0.4) is 0 Å². The van der Waals surface area contributed by atoms with E-state index in [4.69, 9.17) is 0 Å². The van der Waals surface area contributed by atoms with Crippen molar-refractivity contribution in [2.75, 3.05) is 24.7 Å². The van der Waals surface area contributed by atoms with Crippen LogP contribution in [-0.2, 0) is 22.7 Å². The first-order chi connectivity index (χ1) is 14.6. The number of piperidine rings is 1. The Bertz CT molecular complexity index is 732. The molecule has 2 unspecified atom stereocenters. The van der Waals surface area contributed by atoms with Gasteiger partial charge in [0.2, 0.25) is 11.8 Å². The van der Waals surface area contributed by atoms with Gasteiger partial charge in [-0.25, -0.2) is 0 Å². The predicted molar refractivity (Wildman–Crippen MR) is 122 cm³/mol. The number of rotatable bonds is 6. The molecule has 1 aliphatic carbocycles. The maximum absolute atomic E-state index is 12.8. The van der Waals surface area contributed by atoms with Gasteiger partial charge in [-0.05, 0) is 49.3 Å². The van der Waals surface area contributed by atoms with Crippen molar-refractivity contribution in [1.82, 2.24) is 15.1 Å². The largest absolute Gasteiger partial charge is 0.350 e. The van der Waals surface area contributed by atoms with E-state index in [-0.39, 0.29) is 23.8 Å². The normalized spacial score (nSPS) is 25.6. The molecule has 1 saturated carbocycles. The van der Waals surface area contributed by atoms with Gasteiger partial charge in [-0.3, -0.25) is 14.5 Å². The quantitative estimate of drug-likeness (QED) is 0.750. The van der Waals surface area contributed by atoms with Crippen LogP contribution in [0.1, 0.15) is 56.6 Å². The van der Waals surface area contributed by atoms with Crippen molar-refractivity contribution in [2.24, 2.45) is 11.8 Å². The van der Waals surface area contributed by atoms with E-state index in [1.54, 1.807) is 11.8 Å². The van der Waals surface area contributed by atoms with Crippen molar-refractivity contribution >= 4 is 23.6 Å². The molecule has 4 rings (SSSR count). The van der Waals surface area contributed by atoms with E-state index < -0.39 is 0 Å². The Morgan fingerprint density at radius 1 is 1.07 bits per heavy atom. The fraction of sp³-hybridized carbons (Fsp3) is 0.667. The highest BCUT2D eigenvalue weighted by atomic mass is 32.2. The predicted octanol–water partition coefficient (Wildman–Crippen LogP) is 3.63. The van der Waals surface area contributed by atoms with Crippen LogP contribution in [-0.4, -0.2) is 52.4 Å². The van der Waals surface area contributed by atoms with Crippen LogP contribution in [0.2, 0.25) is 0 Å². The molecule has 1 N–H and O–H groups in total. The Labute approximate surface area is 184 Å². The molecule has 2 amide bonds. The monoisotopic (exact) mass is 429 g/mol. The molecular formula is C24H35N3O2S. The molecule has 2 aliphatic heterocycles. The summed E-state index contributed by atoms with van der Waals surface area (Å²) in [5.74, 6) is 2.46. The number of nitrogens with one attached hydrogen (secondary N) is 1.